The van der Waals surface area contributed by atoms with Gasteiger partial charge in [-0.05, 0) is 55.2 Å². The summed E-state index contributed by atoms with van der Waals surface area (Å²) in [5.74, 6) is 1.50. The summed E-state index contributed by atoms with van der Waals surface area (Å²) >= 11 is 0. The van der Waals surface area contributed by atoms with Gasteiger partial charge in [-0.2, -0.15) is 13.2 Å². The Labute approximate surface area is 118 Å². The van der Waals surface area contributed by atoms with Gasteiger partial charge in [0, 0.05) is 0 Å². The van der Waals surface area contributed by atoms with Crippen LogP contribution >= 0.6 is 0 Å². The van der Waals surface area contributed by atoms with Crippen LogP contribution in [0.2, 0.25) is 0 Å². The maximum absolute atomic E-state index is 12.7. The molecular formula is C16H22F3N. The number of nitrogens with two attached hydrogens (primary N) is 1. The fourth-order valence-electron chi connectivity index (χ4n) is 3.30. The van der Waals surface area contributed by atoms with Gasteiger partial charge in [0.25, 0.3) is 0 Å². The molecular weight excluding hydrogens is 263 g/mol. The van der Waals surface area contributed by atoms with E-state index < -0.39 is 11.7 Å². The second kappa shape index (κ2) is 6.17. The van der Waals surface area contributed by atoms with Gasteiger partial charge < -0.3 is 5.73 Å². The van der Waals surface area contributed by atoms with E-state index in [1.54, 1.807) is 6.07 Å². The molecule has 0 aromatic heterocycles. The van der Waals surface area contributed by atoms with Gasteiger partial charge in [-0.15, -0.1) is 0 Å². The Morgan fingerprint density at radius 2 is 1.95 bits per heavy atom. The third-order valence-electron chi connectivity index (χ3n) is 4.46. The standard InChI is InChI=1S/C16H22F3N/c1-11-5-6-13(10-20)14(7-11)8-12-3-2-4-15(9-12)16(17,18)19/h2-4,9,11,13-14H,5-8,10,20H2,1H3. The van der Waals surface area contributed by atoms with E-state index in [4.69, 9.17) is 5.73 Å². The van der Waals surface area contributed by atoms with Gasteiger partial charge >= 0.3 is 6.18 Å². The van der Waals surface area contributed by atoms with Crippen LogP contribution < -0.4 is 5.73 Å². The first-order chi connectivity index (χ1) is 9.40. The van der Waals surface area contributed by atoms with Crippen LogP contribution in [0.4, 0.5) is 13.2 Å². The van der Waals surface area contributed by atoms with E-state index in [1.807, 2.05) is 0 Å². The lowest BCUT2D eigenvalue weighted by molar-refractivity contribution is -0.137. The highest BCUT2D eigenvalue weighted by Gasteiger charge is 2.31. The van der Waals surface area contributed by atoms with E-state index in [9.17, 15) is 13.2 Å². The quantitative estimate of drug-likeness (QED) is 0.882. The van der Waals surface area contributed by atoms with Crippen molar-refractivity contribution in [2.24, 2.45) is 23.5 Å². The van der Waals surface area contributed by atoms with Crippen molar-refractivity contribution in [2.45, 2.75) is 38.8 Å². The number of benzene rings is 1. The third-order valence-corrected chi connectivity index (χ3v) is 4.46. The highest BCUT2D eigenvalue weighted by atomic mass is 19.4. The first-order valence-corrected chi connectivity index (χ1v) is 7.26. The number of hydrogen-bond donors (Lipinski definition) is 1. The van der Waals surface area contributed by atoms with E-state index in [1.165, 1.54) is 18.6 Å². The van der Waals surface area contributed by atoms with Gasteiger partial charge in [0.1, 0.15) is 0 Å². The molecule has 2 rings (SSSR count). The van der Waals surface area contributed by atoms with Gasteiger partial charge in [0.2, 0.25) is 0 Å². The minimum atomic E-state index is -4.26. The number of rotatable bonds is 3. The van der Waals surface area contributed by atoms with Crippen LogP contribution in [0.3, 0.4) is 0 Å². The minimum absolute atomic E-state index is 0.409. The number of hydrogen-bond acceptors (Lipinski definition) is 1. The fraction of sp³-hybridized carbons (Fsp3) is 0.625. The normalized spacial score (nSPS) is 27.6. The predicted octanol–water partition coefficient (Wildman–Crippen LogP) is 4.26. The van der Waals surface area contributed by atoms with Crippen molar-refractivity contribution in [3.63, 3.8) is 0 Å². The van der Waals surface area contributed by atoms with Gasteiger partial charge in [-0.25, -0.2) is 0 Å². The van der Waals surface area contributed by atoms with Crippen LogP contribution in [-0.4, -0.2) is 6.54 Å². The monoisotopic (exact) mass is 285 g/mol. The molecule has 3 atom stereocenters. The molecule has 1 nitrogen and oxygen atoms in total. The SMILES string of the molecule is CC1CCC(CN)C(Cc2cccc(C(F)(F)F)c2)C1. The fourth-order valence-corrected chi connectivity index (χ4v) is 3.30. The number of alkyl halides is 3. The van der Waals surface area contributed by atoms with E-state index in [-0.39, 0.29) is 0 Å². The van der Waals surface area contributed by atoms with E-state index >= 15 is 0 Å². The molecule has 0 amide bonds. The molecule has 1 aromatic carbocycles. The second-order valence-electron chi connectivity index (χ2n) is 6.08. The van der Waals surface area contributed by atoms with Crippen molar-refractivity contribution in [2.75, 3.05) is 6.54 Å². The molecule has 1 aromatic rings. The molecule has 0 aliphatic heterocycles. The second-order valence-corrected chi connectivity index (χ2v) is 6.08. The van der Waals surface area contributed by atoms with Crippen molar-refractivity contribution >= 4 is 0 Å². The molecule has 1 fully saturated rings. The van der Waals surface area contributed by atoms with Crippen molar-refractivity contribution < 1.29 is 13.2 Å². The molecule has 20 heavy (non-hydrogen) atoms. The third kappa shape index (κ3) is 3.75. The lowest BCUT2D eigenvalue weighted by Gasteiger charge is -2.34. The summed E-state index contributed by atoms with van der Waals surface area (Å²) in [7, 11) is 0. The Kier molecular flexibility index (Phi) is 4.74. The highest BCUT2D eigenvalue weighted by molar-refractivity contribution is 5.26. The van der Waals surface area contributed by atoms with Crippen LogP contribution in [-0.2, 0) is 12.6 Å². The molecule has 0 spiro atoms. The molecule has 0 heterocycles. The summed E-state index contributed by atoms with van der Waals surface area (Å²) in [6, 6.07) is 5.71. The lowest BCUT2D eigenvalue weighted by Crippen LogP contribution is -2.31. The highest BCUT2D eigenvalue weighted by Crippen LogP contribution is 2.36. The first kappa shape index (κ1) is 15.4. The average molecular weight is 285 g/mol. The van der Waals surface area contributed by atoms with E-state index in [0.717, 1.165) is 24.5 Å². The predicted molar refractivity (Wildman–Crippen MR) is 74.2 cm³/mol. The van der Waals surface area contributed by atoms with Gasteiger partial charge in [0.05, 0.1) is 5.56 Å². The topological polar surface area (TPSA) is 26.0 Å². The smallest absolute Gasteiger partial charge is 0.330 e. The van der Waals surface area contributed by atoms with Crippen molar-refractivity contribution in [1.82, 2.24) is 0 Å². The largest absolute Gasteiger partial charge is 0.416 e. The molecule has 112 valence electrons. The van der Waals surface area contributed by atoms with Crippen molar-refractivity contribution in [3.8, 4) is 0 Å². The molecule has 2 N–H and O–H groups in total. The first-order valence-electron chi connectivity index (χ1n) is 7.26. The molecule has 0 saturated heterocycles. The summed E-state index contributed by atoms with van der Waals surface area (Å²) in [5, 5.41) is 0. The zero-order valence-corrected chi connectivity index (χ0v) is 11.8. The maximum atomic E-state index is 12.7. The average Bonchev–Trinajstić information content (AvgIpc) is 2.38. The molecule has 4 heteroatoms. The molecule has 0 bridgehead atoms. The summed E-state index contributed by atoms with van der Waals surface area (Å²) in [6.07, 6.45) is -0.209. The Morgan fingerprint density at radius 3 is 2.60 bits per heavy atom. The van der Waals surface area contributed by atoms with Crippen LogP contribution in [0.25, 0.3) is 0 Å². The van der Waals surface area contributed by atoms with E-state index in [2.05, 4.69) is 6.92 Å². The molecule has 1 aliphatic rings. The van der Waals surface area contributed by atoms with Crippen LogP contribution in [0.1, 0.15) is 37.3 Å². The van der Waals surface area contributed by atoms with Crippen LogP contribution in [0, 0.1) is 17.8 Å². The Bertz CT molecular complexity index is 442. The van der Waals surface area contributed by atoms with Crippen LogP contribution in [0.5, 0.6) is 0 Å². The molecule has 1 aliphatic carbocycles. The summed E-state index contributed by atoms with van der Waals surface area (Å²) < 4.78 is 38.2. The van der Waals surface area contributed by atoms with Gasteiger partial charge in [0.15, 0.2) is 0 Å². The zero-order chi connectivity index (χ0) is 14.8. The van der Waals surface area contributed by atoms with Gasteiger partial charge in [-0.1, -0.05) is 31.5 Å². The minimum Gasteiger partial charge on any atom is -0.330 e. The van der Waals surface area contributed by atoms with Crippen molar-refractivity contribution in [3.05, 3.63) is 35.4 Å². The van der Waals surface area contributed by atoms with Crippen LogP contribution in [0.15, 0.2) is 24.3 Å². The lowest BCUT2D eigenvalue weighted by atomic mass is 9.72. The molecule has 0 radical (unpaired) electrons. The molecule has 1 saturated carbocycles. The van der Waals surface area contributed by atoms with E-state index in [0.29, 0.717) is 30.7 Å². The summed E-state index contributed by atoms with van der Waals surface area (Å²) in [4.78, 5) is 0. The summed E-state index contributed by atoms with van der Waals surface area (Å²) in [6.45, 7) is 2.85. The van der Waals surface area contributed by atoms with Crippen molar-refractivity contribution in [1.29, 1.82) is 0 Å². The van der Waals surface area contributed by atoms with Gasteiger partial charge in [-0.3, -0.25) is 0 Å². The molecule has 3 unspecified atom stereocenters. The Balaban J connectivity index is 2.12. The Morgan fingerprint density at radius 1 is 1.20 bits per heavy atom. The Hall–Kier alpha value is -1.03. The zero-order valence-electron chi connectivity index (χ0n) is 11.8. The summed E-state index contributed by atoms with van der Waals surface area (Å²) in [5.41, 5.74) is 6.03. The number of halogens is 3. The maximum Gasteiger partial charge on any atom is 0.416 e.